The lowest BCUT2D eigenvalue weighted by Crippen LogP contribution is -2.36. The van der Waals surface area contributed by atoms with E-state index in [2.05, 4.69) is 53.3 Å². The number of aliphatic hydroxyl groups is 1. The van der Waals surface area contributed by atoms with Crippen LogP contribution in [0.5, 0.6) is 5.75 Å². The number of hydrogen-bond acceptors (Lipinski definition) is 2. The SMILES string of the molecule is CCn1c(CO)[n+](CC)c2ccc(-c3ccc(OC)cc3)cc21. The molecule has 3 aromatic rings. The molecule has 0 aliphatic heterocycles. The second-order valence-electron chi connectivity index (χ2n) is 5.49. The molecule has 0 saturated heterocycles. The Labute approximate surface area is 136 Å². The monoisotopic (exact) mass is 311 g/mol. The molecule has 4 nitrogen and oxygen atoms in total. The highest BCUT2D eigenvalue weighted by Crippen LogP contribution is 2.26. The Hall–Kier alpha value is -2.33. The van der Waals surface area contributed by atoms with Crippen LogP contribution in [0.2, 0.25) is 0 Å². The summed E-state index contributed by atoms with van der Waals surface area (Å²) < 4.78 is 9.59. The zero-order valence-corrected chi connectivity index (χ0v) is 13.9. The van der Waals surface area contributed by atoms with E-state index in [-0.39, 0.29) is 6.61 Å². The molecular weight excluding hydrogens is 288 g/mol. The number of hydrogen-bond donors (Lipinski definition) is 1. The summed E-state index contributed by atoms with van der Waals surface area (Å²) in [5.74, 6) is 1.81. The number of ether oxygens (including phenoxy) is 1. The van der Waals surface area contributed by atoms with Crippen molar-refractivity contribution in [2.75, 3.05) is 7.11 Å². The minimum Gasteiger partial charge on any atom is -0.497 e. The normalized spacial score (nSPS) is 11.1. The summed E-state index contributed by atoms with van der Waals surface area (Å²) in [6.45, 7) is 5.95. The summed E-state index contributed by atoms with van der Waals surface area (Å²) >= 11 is 0. The number of fused-ring (bicyclic) bond motifs is 1. The zero-order valence-electron chi connectivity index (χ0n) is 13.9. The first kappa shape index (κ1) is 15.6. The predicted molar refractivity (Wildman–Crippen MR) is 91.4 cm³/mol. The van der Waals surface area contributed by atoms with Crippen LogP contribution in [0.4, 0.5) is 0 Å². The first-order valence-corrected chi connectivity index (χ1v) is 8.03. The smallest absolute Gasteiger partial charge is 0.283 e. The highest BCUT2D eigenvalue weighted by molar-refractivity contribution is 5.80. The van der Waals surface area contributed by atoms with Crippen LogP contribution in [0.15, 0.2) is 42.5 Å². The lowest BCUT2D eigenvalue weighted by atomic mass is 10.0. The van der Waals surface area contributed by atoms with Crippen molar-refractivity contribution in [1.29, 1.82) is 0 Å². The molecule has 0 aliphatic rings. The predicted octanol–water partition coefficient (Wildman–Crippen LogP) is 3.14. The average Bonchev–Trinajstić information content (AvgIpc) is 2.93. The molecule has 0 amide bonds. The number of aliphatic hydroxyl groups excluding tert-OH is 1. The summed E-state index contributed by atoms with van der Waals surface area (Å²) in [5, 5.41) is 9.75. The second-order valence-corrected chi connectivity index (χ2v) is 5.49. The quantitative estimate of drug-likeness (QED) is 0.735. The molecule has 1 aromatic heterocycles. The van der Waals surface area contributed by atoms with Crippen molar-refractivity contribution in [2.45, 2.75) is 33.5 Å². The van der Waals surface area contributed by atoms with Crippen LogP contribution in [0.1, 0.15) is 19.7 Å². The molecule has 0 bridgehead atoms. The maximum absolute atomic E-state index is 9.75. The van der Waals surface area contributed by atoms with E-state index < -0.39 is 0 Å². The molecule has 0 unspecified atom stereocenters. The fourth-order valence-corrected chi connectivity index (χ4v) is 3.23. The Morgan fingerprint density at radius 3 is 2.30 bits per heavy atom. The Morgan fingerprint density at radius 2 is 1.74 bits per heavy atom. The van der Waals surface area contributed by atoms with E-state index >= 15 is 0 Å². The van der Waals surface area contributed by atoms with Gasteiger partial charge in [0.05, 0.1) is 20.2 Å². The van der Waals surface area contributed by atoms with Gasteiger partial charge in [0, 0.05) is 0 Å². The molecule has 23 heavy (non-hydrogen) atoms. The van der Waals surface area contributed by atoms with Crippen LogP contribution < -0.4 is 9.30 Å². The fourth-order valence-electron chi connectivity index (χ4n) is 3.23. The third-order valence-electron chi connectivity index (χ3n) is 4.38. The highest BCUT2D eigenvalue weighted by atomic mass is 16.5. The Kier molecular flexibility index (Phi) is 4.35. The van der Waals surface area contributed by atoms with Gasteiger partial charge in [-0.3, -0.25) is 0 Å². The summed E-state index contributed by atoms with van der Waals surface area (Å²) in [7, 11) is 1.68. The highest BCUT2D eigenvalue weighted by Gasteiger charge is 2.22. The van der Waals surface area contributed by atoms with Crippen molar-refractivity contribution in [3.8, 4) is 16.9 Å². The van der Waals surface area contributed by atoms with E-state index in [1.807, 2.05) is 12.1 Å². The maximum atomic E-state index is 9.75. The van der Waals surface area contributed by atoms with E-state index in [0.717, 1.165) is 41.3 Å². The van der Waals surface area contributed by atoms with E-state index in [0.29, 0.717) is 0 Å². The largest absolute Gasteiger partial charge is 0.497 e. The third kappa shape index (κ3) is 2.59. The van der Waals surface area contributed by atoms with Crippen LogP contribution >= 0.6 is 0 Å². The number of imidazole rings is 1. The van der Waals surface area contributed by atoms with Crippen LogP contribution in [0.25, 0.3) is 22.2 Å². The van der Waals surface area contributed by atoms with Gasteiger partial charge in [-0.2, -0.15) is 0 Å². The van der Waals surface area contributed by atoms with Crippen molar-refractivity contribution < 1.29 is 14.4 Å². The first-order valence-electron chi connectivity index (χ1n) is 8.03. The van der Waals surface area contributed by atoms with Crippen molar-refractivity contribution in [3.05, 3.63) is 48.3 Å². The van der Waals surface area contributed by atoms with E-state index in [4.69, 9.17) is 4.74 Å². The molecule has 0 radical (unpaired) electrons. The lowest BCUT2D eigenvalue weighted by Gasteiger charge is -2.04. The number of nitrogens with zero attached hydrogens (tertiary/aromatic N) is 2. The summed E-state index contributed by atoms with van der Waals surface area (Å²) in [6.07, 6.45) is 0. The molecular formula is C19H23N2O2+. The van der Waals surface area contributed by atoms with Crippen LogP contribution in [0, 0.1) is 0 Å². The van der Waals surface area contributed by atoms with Crippen LogP contribution in [-0.2, 0) is 19.7 Å². The minimum absolute atomic E-state index is 0.0498. The van der Waals surface area contributed by atoms with Crippen molar-refractivity contribution in [3.63, 3.8) is 0 Å². The lowest BCUT2D eigenvalue weighted by molar-refractivity contribution is -0.678. The molecule has 1 heterocycles. The topological polar surface area (TPSA) is 38.3 Å². The van der Waals surface area contributed by atoms with Gasteiger partial charge in [-0.25, -0.2) is 9.13 Å². The van der Waals surface area contributed by atoms with E-state index in [1.165, 1.54) is 5.56 Å². The van der Waals surface area contributed by atoms with Gasteiger partial charge in [0.15, 0.2) is 11.0 Å². The van der Waals surface area contributed by atoms with Gasteiger partial charge in [0.2, 0.25) is 0 Å². The first-order chi connectivity index (χ1) is 11.2. The number of benzene rings is 2. The van der Waals surface area contributed by atoms with Crippen molar-refractivity contribution in [1.82, 2.24) is 4.57 Å². The van der Waals surface area contributed by atoms with Gasteiger partial charge in [-0.15, -0.1) is 0 Å². The van der Waals surface area contributed by atoms with Crippen molar-refractivity contribution >= 4 is 11.0 Å². The number of aromatic nitrogens is 2. The van der Waals surface area contributed by atoms with Crippen molar-refractivity contribution in [2.24, 2.45) is 0 Å². The molecule has 0 atom stereocenters. The number of rotatable bonds is 5. The fraction of sp³-hybridized carbons (Fsp3) is 0.316. The standard InChI is InChI=1S/C19H23N2O2/c1-4-20-17-11-8-15(14-6-9-16(23-3)10-7-14)12-18(17)21(5-2)19(20)13-22/h6-12,22H,4-5,13H2,1-3H3/q+1. The molecule has 0 spiro atoms. The van der Waals surface area contributed by atoms with Gasteiger partial charge >= 0.3 is 0 Å². The summed E-state index contributed by atoms with van der Waals surface area (Å²) in [6, 6.07) is 14.6. The van der Waals surface area contributed by atoms with Gasteiger partial charge < -0.3 is 9.84 Å². The molecule has 0 fully saturated rings. The van der Waals surface area contributed by atoms with E-state index in [9.17, 15) is 5.11 Å². The third-order valence-corrected chi connectivity index (χ3v) is 4.38. The number of aryl methyl sites for hydroxylation is 2. The summed E-state index contributed by atoms with van der Waals surface area (Å²) in [5.41, 5.74) is 4.65. The molecule has 2 aromatic carbocycles. The van der Waals surface area contributed by atoms with Gasteiger partial charge in [0.1, 0.15) is 12.4 Å². The van der Waals surface area contributed by atoms with Gasteiger partial charge in [0.25, 0.3) is 5.82 Å². The Bertz CT molecular complexity index is 819. The van der Waals surface area contributed by atoms with Gasteiger partial charge in [-0.1, -0.05) is 12.1 Å². The maximum Gasteiger partial charge on any atom is 0.283 e. The molecule has 4 heteroatoms. The second kappa shape index (κ2) is 6.42. The molecule has 0 aliphatic carbocycles. The Morgan fingerprint density at radius 1 is 1.04 bits per heavy atom. The Balaban J connectivity index is 2.17. The minimum atomic E-state index is 0.0498. The zero-order chi connectivity index (χ0) is 16.4. The molecule has 0 saturated carbocycles. The molecule has 3 rings (SSSR count). The van der Waals surface area contributed by atoms with Crippen LogP contribution in [0.3, 0.4) is 0 Å². The summed E-state index contributed by atoms with van der Waals surface area (Å²) in [4.78, 5) is 0. The molecule has 120 valence electrons. The van der Waals surface area contributed by atoms with Crippen LogP contribution in [-0.4, -0.2) is 16.8 Å². The molecule has 1 N–H and O–H groups in total. The van der Waals surface area contributed by atoms with E-state index in [1.54, 1.807) is 7.11 Å². The number of methoxy groups -OCH3 is 1. The van der Waals surface area contributed by atoms with Gasteiger partial charge in [-0.05, 0) is 55.3 Å². The average molecular weight is 311 g/mol.